The third kappa shape index (κ3) is 5.01. The summed E-state index contributed by atoms with van der Waals surface area (Å²) in [6.45, 7) is 2.49. The lowest BCUT2D eigenvalue weighted by molar-refractivity contribution is 0.0738. The maximum absolute atomic E-state index is 13.1. The molecule has 0 spiro atoms. The molecule has 1 aliphatic rings. The Morgan fingerprint density at radius 2 is 1.94 bits per heavy atom. The zero-order chi connectivity index (χ0) is 22.9. The second-order valence-corrected chi connectivity index (χ2v) is 9.97. The van der Waals surface area contributed by atoms with Crippen LogP contribution in [0, 0.1) is 0 Å². The van der Waals surface area contributed by atoms with Crippen LogP contribution >= 0.6 is 11.6 Å². The molecule has 1 aromatic heterocycles. The Morgan fingerprint density at radius 3 is 2.59 bits per heavy atom. The number of aromatic nitrogens is 2. The zero-order valence-electron chi connectivity index (χ0n) is 17.5. The third-order valence-electron chi connectivity index (χ3n) is 5.15. The summed E-state index contributed by atoms with van der Waals surface area (Å²) in [6, 6.07) is 10.7. The van der Waals surface area contributed by atoms with E-state index in [0.29, 0.717) is 40.3 Å². The standard InChI is InChI=1S/C22H23ClN4O4S/c1-2-11-27(13-20-24-19-12-15(23)5-10-18(19)21(28)25-20)22(29)14-3-8-17(9-4-14)32(30,31)26-16-6-7-16/h3-5,8-10,12,16,26H,2,6-7,11,13H2,1H3,(H,24,25,28). The molecule has 3 aromatic rings. The minimum atomic E-state index is -3.58. The van der Waals surface area contributed by atoms with Crippen molar-refractivity contribution in [3.8, 4) is 0 Å². The minimum Gasteiger partial charge on any atom is -0.331 e. The molecule has 8 nitrogen and oxygen atoms in total. The number of hydrogen-bond acceptors (Lipinski definition) is 5. The van der Waals surface area contributed by atoms with E-state index in [4.69, 9.17) is 11.6 Å². The highest BCUT2D eigenvalue weighted by Gasteiger charge is 2.28. The fourth-order valence-electron chi connectivity index (χ4n) is 3.39. The van der Waals surface area contributed by atoms with Crippen molar-refractivity contribution in [1.82, 2.24) is 19.6 Å². The van der Waals surface area contributed by atoms with E-state index in [1.54, 1.807) is 23.1 Å². The normalized spacial score (nSPS) is 13.9. The molecule has 1 fully saturated rings. The summed E-state index contributed by atoms with van der Waals surface area (Å²) in [5, 5.41) is 0.886. The van der Waals surface area contributed by atoms with Crippen LogP contribution in [0.3, 0.4) is 0 Å². The van der Waals surface area contributed by atoms with Gasteiger partial charge in [0.2, 0.25) is 10.0 Å². The van der Waals surface area contributed by atoms with E-state index in [-0.39, 0.29) is 28.9 Å². The summed E-state index contributed by atoms with van der Waals surface area (Å²) in [7, 11) is -3.58. The Hall–Kier alpha value is -2.75. The van der Waals surface area contributed by atoms with Crippen molar-refractivity contribution in [3.05, 3.63) is 69.2 Å². The first-order valence-corrected chi connectivity index (χ1v) is 12.2. The highest BCUT2D eigenvalue weighted by Crippen LogP contribution is 2.22. The molecule has 2 N–H and O–H groups in total. The van der Waals surface area contributed by atoms with Gasteiger partial charge in [0.1, 0.15) is 5.82 Å². The molecule has 0 aliphatic heterocycles. The SMILES string of the molecule is CCCN(Cc1nc2cc(Cl)ccc2c(=O)[nH]1)C(=O)c1ccc(S(=O)(=O)NC2CC2)cc1. The molecule has 0 bridgehead atoms. The van der Waals surface area contributed by atoms with Gasteiger partial charge in [0.15, 0.2) is 0 Å². The van der Waals surface area contributed by atoms with Gasteiger partial charge in [-0.25, -0.2) is 18.1 Å². The topological polar surface area (TPSA) is 112 Å². The zero-order valence-corrected chi connectivity index (χ0v) is 19.0. The molecule has 1 amide bonds. The summed E-state index contributed by atoms with van der Waals surface area (Å²) in [6.07, 6.45) is 2.39. The summed E-state index contributed by atoms with van der Waals surface area (Å²) in [4.78, 5) is 34.4. The van der Waals surface area contributed by atoms with Crippen LogP contribution in [0.25, 0.3) is 10.9 Å². The highest BCUT2D eigenvalue weighted by atomic mass is 35.5. The van der Waals surface area contributed by atoms with E-state index in [1.807, 2.05) is 6.92 Å². The Balaban J connectivity index is 1.56. The predicted molar refractivity (Wildman–Crippen MR) is 122 cm³/mol. The first kappa shape index (κ1) is 22.4. The van der Waals surface area contributed by atoms with Crippen LogP contribution < -0.4 is 10.3 Å². The highest BCUT2D eigenvalue weighted by molar-refractivity contribution is 7.89. The number of carbonyl (C=O) groups is 1. The quantitative estimate of drug-likeness (QED) is 0.521. The predicted octanol–water partition coefficient (Wildman–Crippen LogP) is 3.07. The van der Waals surface area contributed by atoms with Gasteiger partial charge in [0.05, 0.1) is 22.3 Å². The van der Waals surface area contributed by atoms with E-state index in [1.165, 1.54) is 24.3 Å². The van der Waals surface area contributed by atoms with Crippen LogP contribution in [-0.4, -0.2) is 41.8 Å². The van der Waals surface area contributed by atoms with E-state index in [2.05, 4.69) is 14.7 Å². The monoisotopic (exact) mass is 474 g/mol. The number of nitrogens with one attached hydrogen (secondary N) is 2. The average molecular weight is 475 g/mol. The number of aromatic amines is 1. The first-order chi connectivity index (χ1) is 15.3. The van der Waals surface area contributed by atoms with Gasteiger partial charge < -0.3 is 9.88 Å². The summed E-state index contributed by atoms with van der Waals surface area (Å²) < 4.78 is 27.3. The molecular formula is C22H23ClN4O4S. The molecular weight excluding hydrogens is 452 g/mol. The summed E-state index contributed by atoms with van der Waals surface area (Å²) in [5.74, 6) is 0.0687. The Morgan fingerprint density at radius 1 is 1.22 bits per heavy atom. The number of hydrogen-bond donors (Lipinski definition) is 2. The fraction of sp³-hybridized carbons (Fsp3) is 0.318. The Labute approximate surface area is 190 Å². The smallest absolute Gasteiger partial charge is 0.258 e. The average Bonchev–Trinajstić information content (AvgIpc) is 3.56. The van der Waals surface area contributed by atoms with E-state index < -0.39 is 10.0 Å². The van der Waals surface area contributed by atoms with Crippen molar-refractivity contribution >= 4 is 38.4 Å². The van der Waals surface area contributed by atoms with Gasteiger partial charge in [-0.2, -0.15) is 0 Å². The van der Waals surface area contributed by atoms with E-state index in [9.17, 15) is 18.0 Å². The van der Waals surface area contributed by atoms with Gasteiger partial charge in [-0.3, -0.25) is 9.59 Å². The van der Waals surface area contributed by atoms with Crippen LogP contribution in [0.1, 0.15) is 42.4 Å². The van der Waals surface area contributed by atoms with Gasteiger partial charge in [0.25, 0.3) is 11.5 Å². The maximum Gasteiger partial charge on any atom is 0.258 e. The van der Waals surface area contributed by atoms with Crippen LogP contribution in [0.2, 0.25) is 5.02 Å². The van der Waals surface area contributed by atoms with Crippen molar-refractivity contribution in [2.45, 2.75) is 43.7 Å². The number of benzene rings is 2. The number of fused-ring (bicyclic) bond motifs is 1. The molecule has 0 atom stereocenters. The lowest BCUT2D eigenvalue weighted by Crippen LogP contribution is -2.33. The van der Waals surface area contributed by atoms with Crippen molar-refractivity contribution in [2.75, 3.05) is 6.54 Å². The molecule has 1 heterocycles. The first-order valence-electron chi connectivity index (χ1n) is 10.4. The van der Waals surface area contributed by atoms with Crippen LogP contribution in [0.5, 0.6) is 0 Å². The maximum atomic E-state index is 13.1. The second kappa shape index (κ2) is 9.01. The lowest BCUT2D eigenvalue weighted by atomic mass is 10.2. The fourth-order valence-corrected chi connectivity index (χ4v) is 4.86. The van der Waals surface area contributed by atoms with Gasteiger partial charge in [-0.05, 0) is 61.7 Å². The third-order valence-corrected chi connectivity index (χ3v) is 6.92. The van der Waals surface area contributed by atoms with Gasteiger partial charge in [-0.1, -0.05) is 18.5 Å². The lowest BCUT2D eigenvalue weighted by Gasteiger charge is -2.22. The molecule has 168 valence electrons. The molecule has 2 aromatic carbocycles. The number of rotatable bonds is 8. The van der Waals surface area contributed by atoms with Gasteiger partial charge in [-0.15, -0.1) is 0 Å². The summed E-state index contributed by atoms with van der Waals surface area (Å²) >= 11 is 6.02. The second-order valence-electron chi connectivity index (χ2n) is 7.82. The van der Waals surface area contributed by atoms with Crippen molar-refractivity contribution < 1.29 is 13.2 Å². The number of H-pyrrole nitrogens is 1. The van der Waals surface area contributed by atoms with Crippen LogP contribution in [-0.2, 0) is 16.6 Å². The minimum absolute atomic E-state index is 0.00726. The summed E-state index contributed by atoms with van der Waals surface area (Å²) in [5.41, 5.74) is 0.510. The van der Waals surface area contributed by atoms with Crippen LogP contribution in [0.15, 0.2) is 52.2 Å². The molecule has 0 saturated heterocycles. The van der Waals surface area contributed by atoms with E-state index in [0.717, 1.165) is 12.8 Å². The van der Waals surface area contributed by atoms with Crippen LogP contribution in [0.4, 0.5) is 0 Å². The molecule has 1 aliphatic carbocycles. The number of nitrogens with zero attached hydrogens (tertiary/aromatic N) is 2. The Bertz CT molecular complexity index is 1320. The van der Waals surface area contributed by atoms with Gasteiger partial charge >= 0.3 is 0 Å². The molecule has 32 heavy (non-hydrogen) atoms. The molecule has 0 unspecified atom stereocenters. The molecule has 4 rings (SSSR count). The molecule has 0 radical (unpaired) electrons. The van der Waals surface area contributed by atoms with Crippen molar-refractivity contribution in [1.29, 1.82) is 0 Å². The number of halogens is 1. The van der Waals surface area contributed by atoms with Gasteiger partial charge in [0, 0.05) is 23.2 Å². The molecule has 1 saturated carbocycles. The number of amides is 1. The van der Waals surface area contributed by atoms with E-state index >= 15 is 0 Å². The van der Waals surface area contributed by atoms with Crippen molar-refractivity contribution in [3.63, 3.8) is 0 Å². The number of carbonyl (C=O) groups excluding carboxylic acids is 1. The Kier molecular flexibility index (Phi) is 6.32. The van der Waals surface area contributed by atoms with Crippen molar-refractivity contribution in [2.24, 2.45) is 0 Å². The number of sulfonamides is 1. The molecule has 10 heteroatoms. The largest absolute Gasteiger partial charge is 0.331 e.